The molecule has 1 aromatic carbocycles. The number of anilines is 2. The predicted molar refractivity (Wildman–Crippen MR) is 200 cm³/mol. The predicted octanol–water partition coefficient (Wildman–Crippen LogP) is 6.36. The number of ether oxygens (including phenoxy) is 1. The molecule has 0 bridgehead atoms. The Kier molecular flexibility index (Phi) is 12.1. The van der Waals surface area contributed by atoms with Gasteiger partial charge in [-0.25, -0.2) is 9.97 Å². The lowest BCUT2D eigenvalue weighted by Crippen LogP contribution is -2.34. The van der Waals surface area contributed by atoms with Crippen LogP contribution >= 0.6 is 0 Å². The van der Waals surface area contributed by atoms with E-state index in [0.717, 1.165) is 87.7 Å². The number of piperidine rings is 1. The average molecular weight is 708 g/mol. The first-order valence-electron chi connectivity index (χ1n) is 18.6. The summed E-state index contributed by atoms with van der Waals surface area (Å²) >= 11 is 0. The third-order valence-electron chi connectivity index (χ3n) is 10.6. The summed E-state index contributed by atoms with van der Waals surface area (Å²) in [6.45, 7) is 8.86. The number of carbonyl (C=O) groups excluding carboxylic acids is 3. The number of likely N-dealkylation sites (tertiary alicyclic amines) is 1. The highest BCUT2D eigenvalue weighted by Crippen LogP contribution is 2.33. The topological polar surface area (TPSA) is 148 Å². The van der Waals surface area contributed by atoms with Crippen molar-refractivity contribution < 1.29 is 19.1 Å². The second-order valence-electron chi connectivity index (χ2n) is 14.1. The van der Waals surface area contributed by atoms with Gasteiger partial charge < -0.3 is 15.0 Å². The fourth-order valence-electron chi connectivity index (χ4n) is 7.80. The lowest BCUT2D eigenvalue weighted by atomic mass is 9.90. The molecule has 0 radical (unpaired) electrons. The standard InChI is InChI=1S/C40H49N7O5/c1-4-8-33(38(50)43-25-48)29-11-14-32(15-12-29)52-22-7-19-46-20-17-28(18-21-46)30-13-16-35(41-23-30)44-40-42-24-34-26(2)36(27(3)49)39(51)47(37(34)45-40)31-9-5-6-10-31/h11-16,23-25,28,31,33H,4-10,17-22H2,1-3H3,(H,43,48,50)(H,41,42,44,45). The summed E-state index contributed by atoms with van der Waals surface area (Å²) in [6, 6.07) is 11.7. The normalized spacial score (nSPS) is 16.1. The number of fused-ring (bicyclic) bond motifs is 1. The van der Waals surface area contributed by atoms with Crippen molar-refractivity contribution in [2.75, 3.05) is 31.6 Å². The van der Waals surface area contributed by atoms with Crippen molar-refractivity contribution in [3.8, 4) is 5.75 Å². The zero-order valence-electron chi connectivity index (χ0n) is 30.4. The molecular formula is C40H49N7O5. The Balaban J connectivity index is 0.992. The van der Waals surface area contributed by atoms with Crippen molar-refractivity contribution >= 4 is 40.9 Å². The van der Waals surface area contributed by atoms with Gasteiger partial charge in [0, 0.05) is 30.4 Å². The maximum absolute atomic E-state index is 13.5. The van der Waals surface area contributed by atoms with Gasteiger partial charge in [0.05, 0.1) is 18.1 Å². The van der Waals surface area contributed by atoms with Crippen LogP contribution in [-0.4, -0.2) is 68.8 Å². The van der Waals surface area contributed by atoms with E-state index in [1.807, 2.05) is 43.5 Å². The van der Waals surface area contributed by atoms with E-state index in [1.165, 1.54) is 12.5 Å². The van der Waals surface area contributed by atoms with Gasteiger partial charge in [0.15, 0.2) is 5.78 Å². The zero-order chi connectivity index (χ0) is 36.6. The van der Waals surface area contributed by atoms with E-state index in [0.29, 0.717) is 48.3 Å². The Bertz CT molecular complexity index is 1930. The maximum Gasteiger partial charge on any atom is 0.263 e. The second kappa shape index (κ2) is 17.0. The van der Waals surface area contributed by atoms with Gasteiger partial charge in [0.1, 0.15) is 17.2 Å². The van der Waals surface area contributed by atoms with Gasteiger partial charge in [-0.2, -0.15) is 4.98 Å². The Morgan fingerprint density at radius 2 is 1.77 bits per heavy atom. The summed E-state index contributed by atoms with van der Waals surface area (Å²) in [4.78, 5) is 65.4. The molecule has 6 rings (SSSR count). The van der Waals surface area contributed by atoms with Gasteiger partial charge in [0.2, 0.25) is 18.3 Å². The van der Waals surface area contributed by atoms with Crippen molar-refractivity contribution in [1.29, 1.82) is 0 Å². The molecule has 0 spiro atoms. The quantitative estimate of drug-likeness (QED) is 0.0812. The number of aromatic nitrogens is 4. The number of nitrogens with zero attached hydrogens (tertiary/aromatic N) is 5. The van der Waals surface area contributed by atoms with E-state index in [1.54, 1.807) is 17.7 Å². The molecule has 2 amide bonds. The number of carbonyl (C=O) groups is 3. The molecule has 2 fully saturated rings. The van der Waals surface area contributed by atoms with E-state index < -0.39 is 0 Å². The van der Waals surface area contributed by atoms with Gasteiger partial charge in [-0.15, -0.1) is 0 Å². The molecule has 1 saturated heterocycles. The summed E-state index contributed by atoms with van der Waals surface area (Å²) in [5.41, 5.74) is 3.23. The molecule has 1 aliphatic heterocycles. The van der Waals surface area contributed by atoms with Crippen LogP contribution in [0.25, 0.3) is 11.0 Å². The summed E-state index contributed by atoms with van der Waals surface area (Å²) in [7, 11) is 0. The van der Waals surface area contributed by atoms with Gasteiger partial charge in [-0.05, 0) is 106 Å². The van der Waals surface area contributed by atoms with E-state index in [4.69, 9.17) is 9.72 Å². The third-order valence-corrected chi connectivity index (χ3v) is 10.6. The van der Waals surface area contributed by atoms with Gasteiger partial charge in [0.25, 0.3) is 5.56 Å². The molecular weight excluding hydrogens is 658 g/mol. The number of amides is 2. The fraction of sp³-hybridized carbons (Fsp3) is 0.475. The minimum absolute atomic E-state index is 0.0232. The Labute approximate surface area is 304 Å². The second-order valence-corrected chi connectivity index (χ2v) is 14.1. The monoisotopic (exact) mass is 707 g/mol. The maximum atomic E-state index is 13.5. The van der Waals surface area contributed by atoms with E-state index in [9.17, 15) is 19.2 Å². The van der Waals surface area contributed by atoms with Crippen LogP contribution in [0.2, 0.25) is 0 Å². The van der Waals surface area contributed by atoms with Crippen LogP contribution in [0.1, 0.15) is 117 Å². The molecule has 52 heavy (non-hydrogen) atoms. The fourth-order valence-corrected chi connectivity index (χ4v) is 7.80. The number of hydrogen-bond acceptors (Lipinski definition) is 10. The van der Waals surface area contributed by atoms with Crippen molar-refractivity contribution in [2.24, 2.45) is 0 Å². The minimum Gasteiger partial charge on any atom is -0.494 e. The number of aryl methyl sites for hydroxylation is 1. The van der Waals surface area contributed by atoms with Crippen LogP contribution in [0.5, 0.6) is 5.75 Å². The number of rotatable bonds is 15. The Morgan fingerprint density at radius 1 is 1.02 bits per heavy atom. The number of Topliss-reactive ketones (excluding diaryl/α,β-unsaturated/α-hetero) is 1. The third kappa shape index (κ3) is 8.39. The van der Waals surface area contributed by atoms with Gasteiger partial charge in [-0.3, -0.25) is 29.1 Å². The molecule has 3 aromatic heterocycles. The van der Waals surface area contributed by atoms with Crippen LogP contribution in [0.4, 0.5) is 11.8 Å². The van der Waals surface area contributed by atoms with E-state index in [-0.39, 0.29) is 34.8 Å². The molecule has 1 atom stereocenters. The summed E-state index contributed by atoms with van der Waals surface area (Å²) < 4.78 is 7.71. The highest BCUT2D eigenvalue weighted by atomic mass is 16.5. The molecule has 1 saturated carbocycles. The minimum atomic E-state index is -0.347. The SMILES string of the molecule is CCCC(C(=O)NC=O)c1ccc(OCCCN2CCC(c3ccc(Nc4ncc5c(C)c(C(C)=O)c(=O)n(C6CCCC6)c5n4)nc3)CC2)cc1. The zero-order valence-corrected chi connectivity index (χ0v) is 30.4. The Morgan fingerprint density at radius 3 is 2.42 bits per heavy atom. The first-order valence-corrected chi connectivity index (χ1v) is 18.6. The van der Waals surface area contributed by atoms with Crippen molar-refractivity contribution in [3.05, 3.63) is 81.4 Å². The smallest absolute Gasteiger partial charge is 0.263 e. The molecule has 12 nitrogen and oxygen atoms in total. The number of imide groups is 1. The number of benzene rings is 1. The number of pyridine rings is 2. The number of hydrogen-bond donors (Lipinski definition) is 2. The molecule has 4 heterocycles. The van der Waals surface area contributed by atoms with Crippen LogP contribution in [-0.2, 0) is 9.59 Å². The summed E-state index contributed by atoms with van der Waals surface area (Å²) in [5, 5.41) is 6.22. The van der Waals surface area contributed by atoms with Crippen LogP contribution < -0.4 is 20.9 Å². The molecule has 2 N–H and O–H groups in total. The summed E-state index contributed by atoms with van der Waals surface area (Å²) in [6.07, 6.45) is 12.5. The van der Waals surface area contributed by atoms with Gasteiger partial charge >= 0.3 is 0 Å². The first kappa shape index (κ1) is 36.8. The lowest BCUT2D eigenvalue weighted by molar-refractivity contribution is -0.126. The van der Waals surface area contributed by atoms with E-state index in [2.05, 4.69) is 31.6 Å². The molecule has 274 valence electrons. The molecule has 1 unspecified atom stereocenters. The van der Waals surface area contributed by atoms with Crippen LogP contribution in [0, 0.1) is 6.92 Å². The van der Waals surface area contributed by atoms with Crippen molar-refractivity contribution in [1.82, 2.24) is 29.7 Å². The van der Waals surface area contributed by atoms with Gasteiger partial charge in [-0.1, -0.05) is 44.4 Å². The molecule has 4 aromatic rings. The molecule has 1 aliphatic carbocycles. The lowest BCUT2D eigenvalue weighted by Gasteiger charge is -2.32. The Hall–Kier alpha value is -4.97. The molecule has 2 aliphatic rings. The van der Waals surface area contributed by atoms with E-state index >= 15 is 0 Å². The highest BCUT2D eigenvalue weighted by molar-refractivity contribution is 5.99. The average Bonchev–Trinajstić information content (AvgIpc) is 3.68. The summed E-state index contributed by atoms with van der Waals surface area (Å²) in [5.74, 6) is 1.35. The number of nitrogens with one attached hydrogen (secondary N) is 2. The molecule has 12 heteroatoms. The van der Waals surface area contributed by atoms with Crippen LogP contribution in [0.3, 0.4) is 0 Å². The number of ketones is 1. The van der Waals surface area contributed by atoms with Crippen LogP contribution in [0.15, 0.2) is 53.6 Å². The first-order chi connectivity index (χ1) is 25.3. The highest BCUT2D eigenvalue weighted by Gasteiger charge is 2.26. The largest absolute Gasteiger partial charge is 0.494 e. The van der Waals surface area contributed by atoms with Crippen molar-refractivity contribution in [3.63, 3.8) is 0 Å². The van der Waals surface area contributed by atoms with Crippen molar-refractivity contribution in [2.45, 2.75) is 96.4 Å².